The van der Waals surface area contributed by atoms with Crippen molar-refractivity contribution < 1.29 is 9.36 Å². The summed E-state index contributed by atoms with van der Waals surface area (Å²) in [5.74, 6) is 0.714. The van der Waals surface area contributed by atoms with E-state index < -0.39 is 0 Å². The van der Waals surface area contributed by atoms with E-state index in [0.29, 0.717) is 12.4 Å². The van der Waals surface area contributed by atoms with E-state index in [2.05, 4.69) is 51.3 Å². The lowest BCUT2D eigenvalue weighted by Crippen LogP contribution is -2.20. The summed E-state index contributed by atoms with van der Waals surface area (Å²) < 4.78 is 4.79. The van der Waals surface area contributed by atoms with Crippen molar-refractivity contribution >= 4 is 41.9 Å². The predicted molar refractivity (Wildman–Crippen MR) is 107 cm³/mol. The van der Waals surface area contributed by atoms with E-state index in [1.807, 2.05) is 0 Å². The maximum absolute atomic E-state index is 5.51. The Balaban J connectivity index is 0.00000121. The standard InChI is InChI=1S/C18H20N4O2.2ClH/c1-3-15(4-2-13(1)14-5-8-19-9-6-14)17-11-16(24-21-17)12-20-18-7-10-23-22-18;;/h1-5,7,10,16,19H,6,8-9,11-12H2,(H,20,22);2*1H. The maximum Gasteiger partial charge on any atom is 0.169 e. The molecule has 26 heavy (non-hydrogen) atoms. The van der Waals surface area contributed by atoms with Gasteiger partial charge in [-0.25, -0.2) is 0 Å². The second-order valence-electron chi connectivity index (χ2n) is 6.00. The molecule has 1 unspecified atom stereocenters. The summed E-state index contributed by atoms with van der Waals surface area (Å²) in [6.07, 6.45) is 5.69. The average molecular weight is 397 g/mol. The van der Waals surface area contributed by atoms with E-state index in [9.17, 15) is 0 Å². The van der Waals surface area contributed by atoms with Crippen molar-refractivity contribution in [2.45, 2.75) is 18.9 Å². The zero-order chi connectivity index (χ0) is 16.2. The molecule has 4 rings (SSSR count). The molecule has 0 saturated carbocycles. The normalized spacial score (nSPS) is 18.7. The first-order chi connectivity index (χ1) is 11.9. The number of anilines is 1. The molecular weight excluding hydrogens is 375 g/mol. The minimum atomic E-state index is 0. The summed E-state index contributed by atoms with van der Waals surface area (Å²) in [5, 5.41) is 14.6. The summed E-state index contributed by atoms with van der Waals surface area (Å²) in [6, 6.07) is 10.4. The van der Waals surface area contributed by atoms with Crippen LogP contribution in [0.25, 0.3) is 5.57 Å². The van der Waals surface area contributed by atoms with Gasteiger partial charge in [0.25, 0.3) is 0 Å². The van der Waals surface area contributed by atoms with E-state index in [-0.39, 0.29) is 30.9 Å². The van der Waals surface area contributed by atoms with Gasteiger partial charge in [-0.15, -0.1) is 24.8 Å². The van der Waals surface area contributed by atoms with Crippen molar-refractivity contribution in [3.8, 4) is 0 Å². The third kappa shape index (κ3) is 4.78. The molecule has 140 valence electrons. The van der Waals surface area contributed by atoms with Crippen LogP contribution in [0.15, 0.2) is 52.3 Å². The Morgan fingerprint density at radius 1 is 1.12 bits per heavy atom. The molecule has 0 fully saturated rings. The first kappa shape index (κ1) is 20.3. The zero-order valence-corrected chi connectivity index (χ0v) is 15.8. The highest BCUT2D eigenvalue weighted by Crippen LogP contribution is 2.22. The number of nitrogens with zero attached hydrogens (tertiary/aromatic N) is 2. The Morgan fingerprint density at radius 3 is 2.62 bits per heavy atom. The highest BCUT2D eigenvalue weighted by Gasteiger charge is 2.22. The predicted octanol–water partition coefficient (Wildman–Crippen LogP) is 3.50. The van der Waals surface area contributed by atoms with Gasteiger partial charge in [0.2, 0.25) is 0 Å². The third-order valence-corrected chi connectivity index (χ3v) is 4.33. The molecule has 0 aliphatic carbocycles. The van der Waals surface area contributed by atoms with Crippen molar-refractivity contribution in [1.29, 1.82) is 0 Å². The van der Waals surface area contributed by atoms with Crippen LogP contribution in [-0.2, 0) is 4.84 Å². The SMILES string of the molecule is C1=C(c2ccc(C3=NOC(CNc4ccon4)C3)cc2)CCNC1.Cl.Cl. The second kappa shape index (κ2) is 9.62. The maximum atomic E-state index is 5.51. The zero-order valence-electron chi connectivity index (χ0n) is 14.2. The van der Waals surface area contributed by atoms with Gasteiger partial charge in [-0.2, -0.15) is 0 Å². The minimum absolute atomic E-state index is 0. The molecule has 6 nitrogen and oxygen atoms in total. The molecule has 2 aliphatic rings. The molecule has 2 aliphatic heterocycles. The van der Waals surface area contributed by atoms with Crippen molar-refractivity contribution in [3.63, 3.8) is 0 Å². The van der Waals surface area contributed by atoms with Crippen LogP contribution < -0.4 is 10.6 Å². The first-order valence-electron chi connectivity index (χ1n) is 8.26. The van der Waals surface area contributed by atoms with Crippen LogP contribution in [0.5, 0.6) is 0 Å². The topological polar surface area (TPSA) is 71.7 Å². The molecule has 0 amide bonds. The van der Waals surface area contributed by atoms with Gasteiger partial charge in [-0.3, -0.25) is 0 Å². The molecule has 1 atom stereocenters. The van der Waals surface area contributed by atoms with E-state index in [1.54, 1.807) is 12.3 Å². The summed E-state index contributed by atoms with van der Waals surface area (Å²) in [6.45, 7) is 2.66. The van der Waals surface area contributed by atoms with Gasteiger partial charge in [0.1, 0.15) is 12.4 Å². The van der Waals surface area contributed by atoms with Crippen LogP contribution in [0.2, 0.25) is 0 Å². The van der Waals surface area contributed by atoms with Crippen molar-refractivity contribution in [3.05, 3.63) is 53.8 Å². The fraction of sp³-hybridized carbons (Fsp3) is 0.333. The molecule has 8 heteroatoms. The highest BCUT2D eigenvalue weighted by atomic mass is 35.5. The number of hydrogen-bond acceptors (Lipinski definition) is 6. The number of aromatic nitrogens is 1. The fourth-order valence-electron chi connectivity index (χ4n) is 2.99. The van der Waals surface area contributed by atoms with Gasteiger partial charge in [-0.05, 0) is 29.7 Å². The monoisotopic (exact) mass is 396 g/mol. The van der Waals surface area contributed by atoms with Gasteiger partial charge >= 0.3 is 0 Å². The molecule has 1 aromatic carbocycles. The quantitative estimate of drug-likeness (QED) is 0.808. The van der Waals surface area contributed by atoms with Gasteiger partial charge < -0.3 is 20.0 Å². The first-order valence-corrected chi connectivity index (χ1v) is 8.26. The number of rotatable bonds is 5. The minimum Gasteiger partial charge on any atom is -0.390 e. The molecular formula is C18H22Cl2N4O2. The van der Waals surface area contributed by atoms with E-state index in [1.165, 1.54) is 11.1 Å². The van der Waals surface area contributed by atoms with Crippen LogP contribution in [-0.4, -0.2) is 36.6 Å². The Hall–Kier alpha value is -2.02. The van der Waals surface area contributed by atoms with Crippen LogP contribution in [0, 0.1) is 0 Å². The summed E-state index contributed by atoms with van der Waals surface area (Å²) in [7, 11) is 0. The second-order valence-corrected chi connectivity index (χ2v) is 6.00. The fourth-order valence-corrected chi connectivity index (χ4v) is 2.99. The van der Waals surface area contributed by atoms with Gasteiger partial charge in [0.15, 0.2) is 5.82 Å². The number of nitrogens with one attached hydrogen (secondary N) is 2. The summed E-state index contributed by atoms with van der Waals surface area (Å²) in [4.78, 5) is 5.51. The third-order valence-electron chi connectivity index (χ3n) is 4.33. The molecule has 0 saturated heterocycles. The van der Waals surface area contributed by atoms with Crippen molar-refractivity contribution in [2.24, 2.45) is 5.16 Å². The lowest BCUT2D eigenvalue weighted by atomic mass is 9.97. The number of halogens is 2. The number of benzene rings is 1. The lowest BCUT2D eigenvalue weighted by Gasteiger charge is -2.14. The van der Waals surface area contributed by atoms with E-state index in [4.69, 9.17) is 9.36 Å². The molecule has 2 aromatic rings. The number of hydrogen-bond donors (Lipinski definition) is 2. The van der Waals surface area contributed by atoms with Crippen LogP contribution in [0.3, 0.4) is 0 Å². The van der Waals surface area contributed by atoms with E-state index >= 15 is 0 Å². The average Bonchev–Trinajstić information content (AvgIpc) is 3.33. The van der Waals surface area contributed by atoms with Crippen LogP contribution in [0.4, 0.5) is 5.82 Å². The molecule has 0 radical (unpaired) electrons. The highest BCUT2D eigenvalue weighted by molar-refractivity contribution is 6.01. The van der Waals surface area contributed by atoms with Crippen LogP contribution in [0.1, 0.15) is 24.0 Å². The Morgan fingerprint density at radius 2 is 1.92 bits per heavy atom. The van der Waals surface area contributed by atoms with Gasteiger partial charge in [0, 0.05) is 19.0 Å². The lowest BCUT2D eigenvalue weighted by molar-refractivity contribution is 0.0948. The van der Waals surface area contributed by atoms with Crippen molar-refractivity contribution in [1.82, 2.24) is 10.5 Å². The van der Waals surface area contributed by atoms with Crippen molar-refractivity contribution in [2.75, 3.05) is 25.0 Å². The largest absolute Gasteiger partial charge is 0.390 e. The smallest absolute Gasteiger partial charge is 0.169 e. The number of oxime groups is 1. The molecule has 3 heterocycles. The Bertz CT molecular complexity index is 745. The molecule has 1 aromatic heterocycles. The van der Waals surface area contributed by atoms with Gasteiger partial charge in [-0.1, -0.05) is 40.7 Å². The molecule has 0 spiro atoms. The summed E-state index contributed by atoms with van der Waals surface area (Å²) >= 11 is 0. The Labute approximate surface area is 164 Å². The molecule has 0 bridgehead atoms. The van der Waals surface area contributed by atoms with Gasteiger partial charge in [0.05, 0.1) is 12.3 Å². The summed E-state index contributed by atoms with van der Waals surface area (Å²) in [5.41, 5.74) is 4.83. The Kier molecular flexibility index (Phi) is 7.50. The van der Waals surface area contributed by atoms with Crippen LogP contribution >= 0.6 is 24.8 Å². The molecule has 2 N–H and O–H groups in total. The van der Waals surface area contributed by atoms with E-state index in [0.717, 1.165) is 37.2 Å².